The van der Waals surface area contributed by atoms with Gasteiger partial charge in [-0.1, -0.05) is 54.5 Å². The van der Waals surface area contributed by atoms with E-state index in [1.54, 1.807) is 32.9 Å². The highest BCUT2D eigenvalue weighted by Crippen LogP contribution is 2.30. The fourth-order valence-corrected chi connectivity index (χ4v) is 3.44. The number of halogens is 1. The number of hydrogen-bond acceptors (Lipinski definition) is 8. The Morgan fingerprint density at radius 2 is 1.87 bits per heavy atom. The molecule has 208 valence electrons. The van der Waals surface area contributed by atoms with E-state index in [9.17, 15) is 14.0 Å². The summed E-state index contributed by atoms with van der Waals surface area (Å²) < 4.78 is 35.3. The van der Waals surface area contributed by atoms with Gasteiger partial charge in [0.1, 0.15) is 18.0 Å². The summed E-state index contributed by atoms with van der Waals surface area (Å²) in [4.78, 5) is 27.7. The first-order chi connectivity index (χ1) is 18.6. The molecule has 1 amide bonds. The number of hydrogen-bond donors (Lipinski definition) is 2. The number of carbonyl (C=O) groups excluding carboxylic acids is 2. The molecule has 0 saturated carbocycles. The SMILES string of the molecule is COC(=O)COCCN=C(NC(=O)OC(C)(C)C)Nc1cc(C(C)c2ccc(-c3ccccc3)c(F)c2)no1. The fraction of sp³-hybridized carbons (Fsp3) is 0.357. The van der Waals surface area contributed by atoms with Crippen LogP contribution < -0.4 is 10.6 Å². The molecule has 0 fully saturated rings. The van der Waals surface area contributed by atoms with Crippen LogP contribution in [0.1, 0.15) is 44.9 Å². The van der Waals surface area contributed by atoms with Gasteiger partial charge in [-0.05, 0) is 38.0 Å². The quantitative estimate of drug-likeness (QED) is 0.166. The van der Waals surface area contributed by atoms with Crippen LogP contribution in [-0.4, -0.2) is 55.6 Å². The average molecular weight is 541 g/mol. The average Bonchev–Trinajstić information content (AvgIpc) is 3.35. The molecule has 0 bridgehead atoms. The van der Waals surface area contributed by atoms with Crippen LogP contribution in [0.4, 0.5) is 15.1 Å². The Morgan fingerprint density at radius 1 is 1.13 bits per heavy atom. The monoisotopic (exact) mass is 540 g/mol. The van der Waals surface area contributed by atoms with Gasteiger partial charge in [0.05, 0.1) is 26.0 Å². The lowest BCUT2D eigenvalue weighted by Gasteiger charge is -2.20. The fourth-order valence-electron chi connectivity index (χ4n) is 3.44. The number of carbonyl (C=O) groups is 2. The number of alkyl carbamates (subject to hydrolysis) is 1. The maximum Gasteiger partial charge on any atom is 0.414 e. The van der Waals surface area contributed by atoms with Crippen LogP contribution in [0.5, 0.6) is 0 Å². The van der Waals surface area contributed by atoms with Gasteiger partial charge in [-0.25, -0.2) is 14.0 Å². The van der Waals surface area contributed by atoms with Crippen molar-refractivity contribution in [3.63, 3.8) is 0 Å². The van der Waals surface area contributed by atoms with Crippen molar-refractivity contribution in [2.45, 2.75) is 39.2 Å². The molecule has 0 saturated heterocycles. The molecular formula is C28H33FN4O6. The summed E-state index contributed by atoms with van der Waals surface area (Å²) >= 11 is 0. The molecule has 39 heavy (non-hydrogen) atoms. The smallest absolute Gasteiger partial charge is 0.414 e. The van der Waals surface area contributed by atoms with Crippen LogP contribution >= 0.6 is 0 Å². The van der Waals surface area contributed by atoms with Gasteiger partial charge in [-0.3, -0.25) is 15.6 Å². The first-order valence-corrected chi connectivity index (χ1v) is 12.3. The summed E-state index contributed by atoms with van der Waals surface area (Å²) in [5.41, 5.74) is 1.85. The predicted octanol–water partition coefficient (Wildman–Crippen LogP) is 5.11. The van der Waals surface area contributed by atoms with Gasteiger partial charge in [0.2, 0.25) is 11.8 Å². The number of esters is 1. The lowest BCUT2D eigenvalue weighted by molar-refractivity contribution is -0.145. The minimum Gasteiger partial charge on any atom is -0.467 e. The molecule has 0 aliphatic rings. The van der Waals surface area contributed by atoms with E-state index in [0.717, 1.165) is 11.1 Å². The Hall–Kier alpha value is -4.25. The molecular weight excluding hydrogens is 507 g/mol. The Balaban J connectivity index is 1.70. The minimum absolute atomic E-state index is 0.0273. The van der Waals surface area contributed by atoms with Crippen LogP contribution in [0, 0.1) is 5.82 Å². The molecule has 2 N–H and O–H groups in total. The third-order valence-corrected chi connectivity index (χ3v) is 5.36. The van der Waals surface area contributed by atoms with E-state index < -0.39 is 17.7 Å². The maximum atomic E-state index is 14.9. The second-order valence-corrected chi connectivity index (χ2v) is 9.55. The predicted molar refractivity (Wildman–Crippen MR) is 144 cm³/mol. The van der Waals surface area contributed by atoms with Crippen molar-refractivity contribution in [1.29, 1.82) is 0 Å². The van der Waals surface area contributed by atoms with E-state index in [-0.39, 0.29) is 43.3 Å². The summed E-state index contributed by atoms with van der Waals surface area (Å²) in [5.74, 6) is -0.905. The molecule has 2 aromatic carbocycles. The maximum absolute atomic E-state index is 14.9. The van der Waals surface area contributed by atoms with Crippen LogP contribution in [0.15, 0.2) is 64.1 Å². The second kappa shape index (κ2) is 13.5. The third kappa shape index (κ3) is 9.22. The van der Waals surface area contributed by atoms with Crippen LogP contribution in [0.2, 0.25) is 0 Å². The summed E-state index contributed by atoms with van der Waals surface area (Å²) in [5, 5.41) is 9.49. The summed E-state index contributed by atoms with van der Waals surface area (Å²) in [6.07, 6.45) is -0.730. The minimum atomic E-state index is -0.730. The first kappa shape index (κ1) is 29.3. The van der Waals surface area contributed by atoms with Crippen molar-refractivity contribution in [3.8, 4) is 11.1 Å². The van der Waals surface area contributed by atoms with Gasteiger partial charge in [0, 0.05) is 17.5 Å². The number of nitrogens with zero attached hydrogens (tertiary/aromatic N) is 2. The zero-order valence-electron chi connectivity index (χ0n) is 22.6. The van der Waals surface area contributed by atoms with E-state index in [0.29, 0.717) is 11.3 Å². The highest BCUT2D eigenvalue weighted by atomic mass is 19.1. The van der Waals surface area contributed by atoms with Crippen molar-refractivity contribution in [3.05, 3.63) is 71.7 Å². The summed E-state index contributed by atoms with van der Waals surface area (Å²) in [6.45, 7) is 7.07. The highest BCUT2D eigenvalue weighted by molar-refractivity contribution is 6.01. The molecule has 1 aromatic heterocycles. The van der Waals surface area contributed by atoms with Crippen LogP contribution in [0.25, 0.3) is 11.1 Å². The number of ether oxygens (including phenoxy) is 3. The lowest BCUT2D eigenvalue weighted by atomic mass is 9.95. The molecule has 1 unspecified atom stereocenters. The Labute approximate surface area is 226 Å². The lowest BCUT2D eigenvalue weighted by Crippen LogP contribution is -2.40. The standard InChI is InChI=1S/C28H33FN4O6/c1-18(20-11-12-21(22(29)15-20)19-9-7-6-8-10-19)23-16-24(39-33-23)31-26(32-27(35)38-28(2,3)4)30-13-14-37-17-25(34)36-5/h6-12,15-16,18H,13-14,17H2,1-5H3,(H2,30,31,32,35). The van der Waals surface area contributed by atoms with Crippen molar-refractivity contribution >= 4 is 23.9 Å². The molecule has 1 atom stereocenters. The molecule has 0 radical (unpaired) electrons. The van der Waals surface area contributed by atoms with Gasteiger partial charge in [-0.15, -0.1) is 0 Å². The molecule has 0 spiro atoms. The Morgan fingerprint density at radius 3 is 2.54 bits per heavy atom. The number of methoxy groups -OCH3 is 1. The third-order valence-electron chi connectivity index (χ3n) is 5.36. The number of amides is 1. The number of benzene rings is 2. The molecule has 3 aromatic rings. The van der Waals surface area contributed by atoms with E-state index in [1.165, 1.54) is 13.2 Å². The first-order valence-electron chi connectivity index (χ1n) is 12.3. The number of rotatable bonds is 9. The molecule has 11 heteroatoms. The highest BCUT2D eigenvalue weighted by Gasteiger charge is 2.20. The summed E-state index contributed by atoms with van der Waals surface area (Å²) in [7, 11) is 1.26. The number of guanidine groups is 1. The van der Waals surface area contributed by atoms with Gasteiger partial charge < -0.3 is 18.7 Å². The Kier molecular flexibility index (Phi) is 10.2. The number of aromatic nitrogens is 1. The van der Waals surface area contributed by atoms with Gasteiger partial charge >= 0.3 is 12.1 Å². The van der Waals surface area contributed by atoms with Gasteiger partial charge in [-0.2, -0.15) is 0 Å². The number of anilines is 1. The molecule has 10 nitrogen and oxygen atoms in total. The molecule has 0 aliphatic heterocycles. The topological polar surface area (TPSA) is 124 Å². The van der Waals surface area contributed by atoms with Crippen LogP contribution in [0.3, 0.4) is 0 Å². The summed E-state index contributed by atoms with van der Waals surface area (Å²) in [6, 6.07) is 16.0. The number of nitrogens with one attached hydrogen (secondary N) is 2. The van der Waals surface area contributed by atoms with Crippen molar-refractivity contribution < 1.29 is 32.7 Å². The van der Waals surface area contributed by atoms with Gasteiger partial charge in [0.15, 0.2) is 0 Å². The van der Waals surface area contributed by atoms with E-state index in [2.05, 4.69) is 25.5 Å². The van der Waals surface area contributed by atoms with Gasteiger partial charge in [0.25, 0.3) is 0 Å². The molecule has 3 rings (SSSR count). The zero-order valence-corrected chi connectivity index (χ0v) is 22.6. The Bertz CT molecular complexity index is 1290. The van der Waals surface area contributed by atoms with Crippen LogP contribution in [-0.2, 0) is 19.0 Å². The van der Waals surface area contributed by atoms with Crippen molar-refractivity contribution in [2.24, 2.45) is 4.99 Å². The molecule has 0 aliphatic carbocycles. The zero-order chi connectivity index (χ0) is 28.4. The van der Waals surface area contributed by atoms with E-state index in [4.69, 9.17) is 14.0 Å². The normalized spacial score (nSPS) is 12.5. The van der Waals surface area contributed by atoms with E-state index >= 15 is 0 Å². The largest absolute Gasteiger partial charge is 0.467 e. The van der Waals surface area contributed by atoms with E-state index in [1.807, 2.05) is 43.3 Å². The second-order valence-electron chi connectivity index (χ2n) is 9.55. The molecule has 1 heterocycles. The van der Waals surface area contributed by atoms with Crippen molar-refractivity contribution in [2.75, 3.05) is 32.2 Å². The number of aliphatic imine (C=N–C) groups is 1. The van der Waals surface area contributed by atoms with Crippen molar-refractivity contribution in [1.82, 2.24) is 10.5 Å².